The minimum Gasteiger partial charge on any atom is -0.398 e. The van der Waals surface area contributed by atoms with Gasteiger partial charge in [-0.3, -0.25) is 30.4 Å². The fourth-order valence-electron chi connectivity index (χ4n) is 8.37. The lowest BCUT2D eigenvalue weighted by Gasteiger charge is -2.35. The number of alkyl halides is 6. The molecule has 2 N–H and O–H groups in total. The van der Waals surface area contributed by atoms with E-state index in [-0.39, 0.29) is 40.9 Å². The number of carbonyl (C=O) groups excluding carboxylic acids is 2. The molecule has 5 aliphatic heterocycles. The Morgan fingerprint density at radius 2 is 1.11 bits per heavy atom. The summed E-state index contributed by atoms with van der Waals surface area (Å²) < 4.78 is 88.0. The lowest BCUT2D eigenvalue weighted by atomic mass is 9.84. The molecule has 28 heteroatoms. The van der Waals surface area contributed by atoms with Crippen LogP contribution in [0.5, 0.6) is 0 Å². The number of hydrogen-bond acceptors (Lipinski definition) is 16. The highest BCUT2D eigenvalue weighted by molar-refractivity contribution is 6.61. The topological polar surface area (TPSA) is 219 Å². The van der Waals surface area contributed by atoms with Crippen LogP contribution in [-0.2, 0) is 21.7 Å². The predicted octanol–water partition coefficient (Wildman–Crippen LogP) is 6.93. The van der Waals surface area contributed by atoms with Crippen molar-refractivity contribution in [1.82, 2.24) is 49.8 Å². The van der Waals surface area contributed by atoms with Gasteiger partial charge in [-0.2, -0.15) is 26.3 Å². The van der Waals surface area contributed by atoms with Gasteiger partial charge in [0.05, 0.1) is 64.0 Å². The number of anilines is 6. The van der Waals surface area contributed by atoms with E-state index >= 15 is 0 Å². The van der Waals surface area contributed by atoms with Crippen LogP contribution in [0.4, 0.5) is 70.6 Å². The second-order valence-corrected chi connectivity index (χ2v) is 18.1. The zero-order valence-electron chi connectivity index (χ0n) is 38.6. The van der Waals surface area contributed by atoms with Gasteiger partial charge in [-0.15, -0.1) is 0 Å². The van der Waals surface area contributed by atoms with E-state index in [0.717, 1.165) is 56.2 Å². The molecule has 4 amide bonds. The number of amides is 4. The Morgan fingerprint density at radius 1 is 0.625 bits per heavy atom. The summed E-state index contributed by atoms with van der Waals surface area (Å²) in [7, 11) is -0.922. The standard InChI is InChI=1S/C19H15F3N8O.C14H13ClN6O.C11H14BF3N2O2/c20-19(21,22)17-25-5-3-13(27-17)12-1-2-14-16(26-12)30(11-4-8-29(14)10-11)18(31)28-15-9-23-6-7-24-15;15-11-2-1-10-13(18-11)21(9-3-6-20(10)8-9)14(22)19-12-7-16-4-5-17-12;1-9(2)10(3,4)19-12(18-9)7-5-6-16-8(17-7)11(13,14)15/h1-3,5-7,9,11H,4,8,10H2,(H,24,28,31);1-2,4-5,7,9H,3,6,8H2,(H,17,19,22);5-6H,1-4H3/t11-;9-;/m00./s1. The van der Waals surface area contributed by atoms with Crippen molar-refractivity contribution < 1.29 is 45.2 Å². The van der Waals surface area contributed by atoms with Crippen molar-refractivity contribution in [1.29, 1.82) is 0 Å². The van der Waals surface area contributed by atoms with Crippen molar-refractivity contribution in [3.8, 4) is 11.4 Å². The van der Waals surface area contributed by atoms with Gasteiger partial charge in [0, 0.05) is 63.4 Å². The van der Waals surface area contributed by atoms with Crippen LogP contribution in [0.1, 0.15) is 52.2 Å². The molecule has 11 rings (SSSR count). The molecule has 6 aromatic heterocycles. The second kappa shape index (κ2) is 19.3. The number of halogens is 7. The van der Waals surface area contributed by atoms with Crippen molar-refractivity contribution >= 4 is 71.0 Å². The largest absolute Gasteiger partial charge is 0.514 e. The van der Waals surface area contributed by atoms with Gasteiger partial charge in [0.2, 0.25) is 11.6 Å². The molecule has 6 aromatic rings. The molecule has 11 heterocycles. The molecule has 72 heavy (non-hydrogen) atoms. The van der Waals surface area contributed by atoms with Crippen molar-refractivity contribution in [3.05, 3.63) is 103 Å². The third kappa shape index (κ3) is 10.3. The first-order valence-electron chi connectivity index (χ1n) is 22.2. The molecule has 2 atom stereocenters. The van der Waals surface area contributed by atoms with E-state index in [1.54, 1.807) is 29.3 Å². The maximum absolute atomic E-state index is 13.1. The maximum Gasteiger partial charge on any atom is 0.514 e. The Kier molecular flexibility index (Phi) is 13.3. The van der Waals surface area contributed by atoms with Crippen LogP contribution in [0.3, 0.4) is 0 Å². The SMILES string of the molecule is CC1(C)OB(c2ccnc(C(F)(F)F)n2)OC1(C)C.O=C(Nc1cnccn1)N1c2nc(-c3ccnc(C(F)(F)F)n3)ccc2N2CC[C@H]1C2.O=C(Nc1cnccn1)N1c2nc(Cl)ccc2N2CC[C@H]1C2. The van der Waals surface area contributed by atoms with Crippen LogP contribution in [0, 0.1) is 0 Å². The molecule has 20 nitrogen and oxygen atoms in total. The number of nitrogens with zero attached hydrogens (tertiary/aromatic N) is 14. The van der Waals surface area contributed by atoms with E-state index in [9.17, 15) is 35.9 Å². The van der Waals surface area contributed by atoms with Gasteiger partial charge in [-0.05, 0) is 76.9 Å². The lowest BCUT2D eigenvalue weighted by molar-refractivity contribution is -0.145. The lowest BCUT2D eigenvalue weighted by Crippen LogP contribution is -2.48. The highest BCUT2D eigenvalue weighted by atomic mass is 35.5. The van der Waals surface area contributed by atoms with Crippen LogP contribution in [0.15, 0.2) is 86.0 Å². The highest BCUT2D eigenvalue weighted by Crippen LogP contribution is 2.42. The van der Waals surface area contributed by atoms with E-state index in [2.05, 4.69) is 70.3 Å². The molecular weight excluding hydrogens is 977 g/mol. The van der Waals surface area contributed by atoms with Crippen molar-refractivity contribution in [2.75, 3.05) is 56.4 Å². The fraction of sp³-hybridized carbons (Fsp3) is 0.364. The summed E-state index contributed by atoms with van der Waals surface area (Å²) in [6.45, 7) is 10.4. The third-order valence-electron chi connectivity index (χ3n) is 12.5. The van der Waals surface area contributed by atoms with Crippen molar-refractivity contribution in [2.45, 2.75) is 76.2 Å². The van der Waals surface area contributed by atoms with Crippen LogP contribution < -0.4 is 35.8 Å². The molecule has 0 spiro atoms. The molecule has 0 unspecified atom stereocenters. The number of carbonyl (C=O) groups is 2. The predicted molar refractivity (Wildman–Crippen MR) is 251 cm³/mol. The monoisotopic (exact) mass is 1020 g/mol. The number of rotatable bonds is 4. The van der Waals surface area contributed by atoms with Crippen LogP contribution >= 0.6 is 11.6 Å². The molecule has 374 valence electrons. The van der Waals surface area contributed by atoms with Crippen LogP contribution in [-0.4, -0.2) is 118 Å². The smallest absolute Gasteiger partial charge is 0.398 e. The molecule has 5 aliphatic rings. The summed E-state index contributed by atoms with van der Waals surface area (Å²) in [5.41, 5.74) is 0.728. The summed E-state index contributed by atoms with van der Waals surface area (Å²) in [6, 6.07) is 8.99. The Morgan fingerprint density at radius 3 is 1.62 bits per heavy atom. The van der Waals surface area contributed by atoms with Gasteiger partial charge in [0.25, 0.3) is 0 Å². The zero-order valence-corrected chi connectivity index (χ0v) is 39.4. The first-order valence-corrected chi connectivity index (χ1v) is 22.6. The van der Waals surface area contributed by atoms with Gasteiger partial charge in [-0.1, -0.05) is 11.6 Å². The number of fused-ring (bicyclic) bond motifs is 8. The number of pyridine rings is 2. The van der Waals surface area contributed by atoms with Crippen molar-refractivity contribution in [3.63, 3.8) is 0 Å². The summed E-state index contributed by atoms with van der Waals surface area (Å²) in [5.74, 6) is -0.777. The molecule has 0 saturated carbocycles. The van der Waals surface area contributed by atoms with Gasteiger partial charge >= 0.3 is 31.5 Å². The molecule has 0 radical (unpaired) electrons. The Hall–Kier alpha value is -7.39. The third-order valence-corrected chi connectivity index (χ3v) is 12.7. The number of nitrogens with one attached hydrogen (secondary N) is 2. The normalized spacial score (nSPS) is 19.1. The second-order valence-electron chi connectivity index (χ2n) is 17.7. The van der Waals surface area contributed by atoms with E-state index in [4.69, 9.17) is 20.9 Å². The summed E-state index contributed by atoms with van der Waals surface area (Å²) in [4.78, 5) is 71.7. The molecular formula is C44H42BClF6N16O4. The minimum atomic E-state index is -4.67. The van der Waals surface area contributed by atoms with Crippen LogP contribution in [0.2, 0.25) is 5.15 Å². The highest BCUT2D eigenvalue weighted by Gasteiger charge is 2.53. The van der Waals surface area contributed by atoms with Crippen LogP contribution in [0.25, 0.3) is 11.4 Å². The van der Waals surface area contributed by atoms with Gasteiger partial charge in [-0.25, -0.2) is 49.5 Å². The van der Waals surface area contributed by atoms with E-state index in [1.165, 1.54) is 48.0 Å². The maximum atomic E-state index is 13.1. The van der Waals surface area contributed by atoms with E-state index in [1.807, 2.05) is 33.8 Å². The Bertz CT molecular complexity index is 2950. The summed E-state index contributed by atoms with van der Waals surface area (Å²) in [6.07, 6.45) is 3.46. The average Bonchev–Trinajstić information content (AvgIpc) is 4.02. The van der Waals surface area contributed by atoms with Crippen molar-refractivity contribution in [2.24, 2.45) is 0 Å². The molecule has 3 fully saturated rings. The van der Waals surface area contributed by atoms with Gasteiger partial charge < -0.3 is 19.1 Å². The summed E-state index contributed by atoms with van der Waals surface area (Å²) in [5, 5.41) is 5.84. The van der Waals surface area contributed by atoms with Gasteiger partial charge in [0.15, 0.2) is 23.3 Å². The first kappa shape index (κ1) is 49.6. The summed E-state index contributed by atoms with van der Waals surface area (Å²) >= 11 is 6.01. The zero-order chi connectivity index (χ0) is 51.2. The van der Waals surface area contributed by atoms with E-state index in [0.29, 0.717) is 29.2 Å². The fourth-order valence-corrected chi connectivity index (χ4v) is 8.51. The molecule has 0 aromatic carbocycles. The Balaban J connectivity index is 0.000000138. The molecule has 4 bridgehead atoms. The average molecular weight is 1020 g/mol. The number of aromatic nitrogens is 10. The Labute approximate surface area is 411 Å². The molecule has 0 aliphatic carbocycles. The minimum absolute atomic E-state index is 0.0207. The number of urea groups is 2. The first-order chi connectivity index (χ1) is 34.1. The number of hydrogen-bond donors (Lipinski definition) is 2. The van der Waals surface area contributed by atoms with E-state index < -0.39 is 48.4 Å². The molecule has 3 saturated heterocycles. The quantitative estimate of drug-likeness (QED) is 0.104. The van der Waals surface area contributed by atoms with Gasteiger partial charge in [0.1, 0.15) is 5.15 Å².